The van der Waals surface area contributed by atoms with Crippen LogP contribution >= 0.6 is 0 Å². The third-order valence-corrected chi connectivity index (χ3v) is 3.30. The minimum absolute atomic E-state index is 0.0465. The van der Waals surface area contributed by atoms with Crippen molar-refractivity contribution >= 4 is 11.7 Å². The van der Waals surface area contributed by atoms with Crippen LogP contribution in [-0.4, -0.2) is 23.3 Å². The van der Waals surface area contributed by atoms with Crippen molar-refractivity contribution < 1.29 is 9.18 Å². The van der Waals surface area contributed by atoms with E-state index in [0.717, 1.165) is 30.5 Å². The summed E-state index contributed by atoms with van der Waals surface area (Å²) in [4.78, 5) is 11.2. The summed E-state index contributed by atoms with van der Waals surface area (Å²) in [6.45, 7) is 2.50. The van der Waals surface area contributed by atoms with Gasteiger partial charge in [-0.2, -0.15) is 5.10 Å². The molecule has 0 aromatic heterocycles. The normalized spacial score (nSPS) is 18.5. The van der Waals surface area contributed by atoms with Crippen molar-refractivity contribution in [3.63, 3.8) is 0 Å². The average molecular weight is 263 g/mol. The molecule has 4 nitrogen and oxygen atoms in total. The molecule has 1 aromatic rings. The SMILES string of the molecule is CCCCC1=NN(C(N)=O)CC1c1cccc(F)c1. The number of carbonyl (C=O) groups is 1. The second-order valence-corrected chi connectivity index (χ2v) is 4.72. The zero-order chi connectivity index (χ0) is 13.8. The molecule has 0 saturated heterocycles. The molecule has 2 rings (SSSR count). The number of urea groups is 1. The Balaban J connectivity index is 2.23. The van der Waals surface area contributed by atoms with E-state index in [2.05, 4.69) is 12.0 Å². The summed E-state index contributed by atoms with van der Waals surface area (Å²) in [6.07, 6.45) is 2.85. The second kappa shape index (κ2) is 5.82. The fourth-order valence-corrected chi connectivity index (χ4v) is 2.29. The van der Waals surface area contributed by atoms with Crippen LogP contribution in [0.2, 0.25) is 0 Å². The van der Waals surface area contributed by atoms with Gasteiger partial charge in [0.2, 0.25) is 0 Å². The summed E-state index contributed by atoms with van der Waals surface area (Å²) in [7, 11) is 0. The highest BCUT2D eigenvalue weighted by Gasteiger charge is 2.29. The molecule has 2 amide bonds. The summed E-state index contributed by atoms with van der Waals surface area (Å²) in [5.41, 5.74) is 7.02. The number of halogens is 1. The number of nitrogens with two attached hydrogens (primary N) is 1. The van der Waals surface area contributed by atoms with Gasteiger partial charge < -0.3 is 5.73 Å². The summed E-state index contributed by atoms with van der Waals surface area (Å²) >= 11 is 0. The molecule has 0 spiro atoms. The Labute approximate surface area is 112 Å². The Morgan fingerprint density at radius 1 is 1.58 bits per heavy atom. The number of hydrogen-bond donors (Lipinski definition) is 1. The fraction of sp³-hybridized carbons (Fsp3) is 0.429. The lowest BCUT2D eigenvalue weighted by Gasteiger charge is -2.13. The Kier molecular flexibility index (Phi) is 4.14. The van der Waals surface area contributed by atoms with Gasteiger partial charge in [0, 0.05) is 11.6 Å². The first-order chi connectivity index (χ1) is 9.11. The summed E-state index contributed by atoms with van der Waals surface area (Å²) < 4.78 is 13.3. The van der Waals surface area contributed by atoms with Crippen molar-refractivity contribution in [2.24, 2.45) is 10.8 Å². The molecule has 2 N–H and O–H groups in total. The minimum Gasteiger partial charge on any atom is -0.350 e. The van der Waals surface area contributed by atoms with Crippen LogP contribution in [0.3, 0.4) is 0 Å². The topological polar surface area (TPSA) is 58.7 Å². The smallest absolute Gasteiger partial charge is 0.335 e. The van der Waals surface area contributed by atoms with Crippen LogP contribution in [0.4, 0.5) is 9.18 Å². The number of amides is 2. The average Bonchev–Trinajstić information content (AvgIpc) is 2.80. The summed E-state index contributed by atoms with van der Waals surface area (Å²) in [5, 5.41) is 5.53. The minimum atomic E-state index is -0.562. The van der Waals surface area contributed by atoms with E-state index in [1.54, 1.807) is 6.07 Å². The van der Waals surface area contributed by atoms with E-state index in [4.69, 9.17) is 5.73 Å². The molecule has 0 bridgehead atoms. The van der Waals surface area contributed by atoms with Gasteiger partial charge in [-0.3, -0.25) is 0 Å². The molecule has 1 heterocycles. The molecule has 1 aromatic carbocycles. The van der Waals surface area contributed by atoms with E-state index < -0.39 is 6.03 Å². The van der Waals surface area contributed by atoms with Gasteiger partial charge >= 0.3 is 6.03 Å². The van der Waals surface area contributed by atoms with Gasteiger partial charge in [-0.1, -0.05) is 25.5 Å². The molecule has 1 atom stereocenters. The van der Waals surface area contributed by atoms with Crippen molar-refractivity contribution in [1.82, 2.24) is 5.01 Å². The Morgan fingerprint density at radius 2 is 2.37 bits per heavy atom. The van der Waals surface area contributed by atoms with Crippen LogP contribution in [0.15, 0.2) is 29.4 Å². The molecule has 1 aliphatic rings. The first kappa shape index (κ1) is 13.5. The molecule has 0 saturated carbocycles. The fourth-order valence-electron chi connectivity index (χ4n) is 2.29. The predicted octanol–water partition coefficient (Wildman–Crippen LogP) is 2.85. The zero-order valence-corrected chi connectivity index (χ0v) is 11.0. The van der Waals surface area contributed by atoms with Gasteiger partial charge in [0.25, 0.3) is 0 Å². The van der Waals surface area contributed by atoms with Crippen LogP contribution in [0.1, 0.15) is 37.7 Å². The Bertz CT molecular complexity index is 501. The molecule has 0 radical (unpaired) electrons. The number of hydrogen-bond acceptors (Lipinski definition) is 2. The van der Waals surface area contributed by atoms with E-state index in [1.807, 2.05) is 6.07 Å². The largest absolute Gasteiger partial charge is 0.350 e. The highest BCUT2D eigenvalue weighted by Crippen LogP contribution is 2.27. The number of carbonyl (C=O) groups excluding carboxylic acids is 1. The molecule has 102 valence electrons. The molecule has 1 aliphatic heterocycles. The van der Waals surface area contributed by atoms with Gasteiger partial charge in [0.15, 0.2) is 0 Å². The maximum atomic E-state index is 13.3. The van der Waals surface area contributed by atoms with Crippen molar-refractivity contribution in [3.05, 3.63) is 35.6 Å². The van der Waals surface area contributed by atoms with Crippen LogP contribution in [0.25, 0.3) is 0 Å². The van der Waals surface area contributed by atoms with Crippen LogP contribution < -0.4 is 5.73 Å². The summed E-state index contributed by atoms with van der Waals surface area (Å²) in [5.74, 6) is -0.320. The highest BCUT2D eigenvalue weighted by atomic mass is 19.1. The maximum Gasteiger partial charge on any atom is 0.335 e. The van der Waals surface area contributed by atoms with E-state index in [0.29, 0.717) is 6.54 Å². The van der Waals surface area contributed by atoms with Crippen LogP contribution in [0.5, 0.6) is 0 Å². The molecule has 19 heavy (non-hydrogen) atoms. The Morgan fingerprint density at radius 3 is 3.00 bits per heavy atom. The van der Waals surface area contributed by atoms with Crippen LogP contribution in [-0.2, 0) is 0 Å². The van der Waals surface area contributed by atoms with Gasteiger partial charge in [0.05, 0.1) is 6.54 Å². The lowest BCUT2D eigenvalue weighted by Crippen LogP contribution is -2.30. The number of hydrazone groups is 1. The lowest BCUT2D eigenvalue weighted by molar-refractivity contribution is 0.214. The molecule has 0 aliphatic carbocycles. The van der Waals surface area contributed by atoms with Crippen molar-refractivity contribution in [2.75, 3.05) is 6.54 Å². The van der Waals surface area contributed by atoms with Crippen molar-refractivity contribution in [1.29, 1.82) is 0 Å². The molecule has 1 unspecified atom stereocenters. The van der Waals surface area contributed by atoms with E-state index in [-0.39, 0.29) is 11.7 Å². The third-order valence-electron chi connectivity index (χ3n) is 3.30. The Hall–Kier alpha value is -1.91. The van der Waals surface area contributed by atoms with E-state index in [9.17, 15) is 9.18 Å². The van der Waals surface area contributed by atoms with Crippen LogP contribution in [0, 0.1) is 5.82 Å². The number of benzene rings is 1. The number of primary amides is 1. The van der Waals surface area contributed by atoms with E-state index >= 15 is 0 Å². The van der Waals surface area contributed by atoms with Gasteiger partial charge in [-0.15, -0.1) is 0 Å². The quantitative estimate of drug-likeness (QED) is 0.892. The van der Waals surface area contributed by atoms with Crippen molar-refractivity contribution in [2.45, 2.75) is 32.1 Å². The highest BCUT2D eigenvalue weighted by molar-refractivity contribution is 5.94. The molecule has 0 fully saturated rings. The third kappa shape index (κ3) is 3.10. The summed E-state index contributed by atoms with van der Waals surface area (Å²) in [6, 6.07) is 5.88. The molecular formula is C14H18FN3O. The van der Waals surface area contributed by atoms with Gasteiger partial charge in [-0.05, 0) is 30.5 Å². The van der Waals surface area contributed by atoms with Crippen molar-refractivity contribution in [3.8, 4) is 0 Å². The first-order valence-electron chi connectivity index (χ1n) is 6.51. The zero-order valence-electron chi connectivity index (χ0n) is 11.0. The second-order valence-electron chi connectivity index (χ2n) is 4.72. The standard InChI is InChI=1S/C14H18FN3O/c1-2-3-7-13-12(9-18(17-13)14(16)19)10-5-4-6-11(15)8-10/h4-6,8,12H,2-3,7,9H2,1H3,(H2,16,19). The van der Waals surface area contributed by atoms with E-state index in [1.165, 1.54) is 17.1 Å². The predicted molar refractivity (Wildman–Crippen MR) is 72.4 cm³/mol. The number of nitrogens with zero attached hydrogens (tertiary/aromatic N) is 2. The lowest BCUT2D eigenvalue weighted by atomic mass is 9.92. The number of rotatable bonds is 4. The number of unbranched alkanes of at least 4 members (excludes halogenated alkanes) is 1. The monoisotopic (exact) mass is 263 g/mol. The van der Waals surface area contributed by atoms with Gasteiger partial charge in [-0.25, -0.2) is 14.2 Å². The molecular weight excluding hydrogens is 245 g/mol. The first-order valence-corrected chi connectivity index (χ1v) is 6.51. The van der Waals surface area contributed by atoms with Gasteiger partial charge in [0.1, 0.15) is 5.82 Å². The molecule has 5 heteroatoms. The maximum absolute atomic E-state index is 13.3.